The molecule has 4 atom stereocenters. The second kappa shape index (κ2) is 2.31. The van der Waals surface area contributed by atoms with E-state index in [4.69, 9.17) is 10.2 Å². The van der Waals surface area contributed by atoms with E-state index in [9.17, 15) is 14.4 Å². The SMILES string of the molecule is O=C(O)C1C(=O)CC2C(C(=O)O)C12. The third-order valence-electron chi connectivity index (χ3n) is 2.95. The van der Waals surface area contributed by atoms with Gasteiger partial charge in [0.05, 0.1) is 5.92 Å². The molecule has 0 bridgehead atoms. The number of fused-ring (bicyclic) bond motifs is 1. The summed E-state index contributed by atoms with van der Waals surface area (Å²) in [6, 6.07) is 0. The summed E-state index contributed by atoms with van der Waals surface area (Å²) in [7, 11) is 0. The van der Waals surface area contributed by atoms with Crippen LogP contribution < -0.4 is 0 Å². The van der Waals surface area contributed by atoms with Gasteiger partial charge in [0.1, 0.15) is 11.7 Å². The summed E-state index contributed by atoms with van der Waals surface area (Å²) in [5.41, 5.74) is 0. The van der Waals surface area contributed by atoms with Crippen LogP contribution in [0.15, 0.2) is 0 Å². The average Bonchev–Trinajstić information content (AvgIpc) is 2.54. The molecule has 5 nitrogen and oxygen atoms in total. The fourth-order valence-corrected chi connectivity index (χ4v) is 2.34. The third-order valence-corrected chi connectivity index (χ3v) is 2.95. The first-order chi connectivity index (χ1) is 6.04. The molecule has 0 heterocycles. The van der Waals surface area contributed by atoms with Gasteiger partial charge in [-0.25, -0.2) is 0 Å². The number of carboxylic acids is 2. The van der Waals surface area contributed by atoms with Crippen molar-refractivity contribution >= 4 is 17.7 Å². The van der Waals surface area contributed by atoms with Crippen molar-refractivity contribution in [2.24, 2.45) is 23.7 Å². The van der Waals surface area contributed by atoms with Crippen LogP contribution in [0, 0.1) is 23.7 Å². The molecule has 13 heavy (non-hydrogen) atoms. The Morgan fingerprint density at radius 1 is 1.23 bits per heavy atom. The van der Waals surface area contributed by atoms with E-state index in [-0.39, 0.29) is 18.1 Å². The smallest absolute Gasteiger partial charge is 0.314 e. The Morgan fingerprint density at radius 3 is 2.31 bits per heavy atom. The van der Waals surface area contributed by atoms with Gasteiger partial charge in [-0.05, 0) is 11.8 Å². The molecule has 0 amide bonds. The summed E-state index contributed by atoms with van der Waals surface area (Å²) in [4.78, 5) is 32.2. The summed E-state index contributed by atoms with van der Waals surface area (Å²) >= 11 is 0. The molecule has 0 aromatic rings. The highest BCUT2D eigenvalue weighted by Crippen LogP contribution is 2.59. The van der Waals surface area contributed by atoms with Crippen LogP contribution in [0.1, 0.15) is 6.42 Å². The van der Waals surface area contributed by atoms with E-state index < -0.39 is 29.7 Å². The number of aliphatic carboxylic acids is 2. The van der Waals surface area contributed by atoms with Crippen LogP contribution >= 0.6 is 0 Å². The molecule has 2 N–H and O–H groups in total. The van der Waals surface area contributed by atoms with E-state index in [1.165, 1.54) is 0 Å². The van der Waals surface area contributed by atoms with E-state index in [0.717, 1.165) is 0 Å². The number of hydrogen-bond acceptors (Lipinski definition) is 3. The lowest BCUT2D eigenvalue weighted by Crippen LogP contribution is -2.25. The lowest BCUT2D eigenvalue weighted by molar-refractivity contribution is -0.147. The van der Waals surface area contributed by atoms with Gasteiger partial charge in [0.25, 0.3) is 0 Å². The van der Waals surface area contributed by atoms with Gasteiger partial charge in [-0.1, -0.05) is 0 Å². The summed E-state index contributed by atoms with van der Waals surface area (Å²) < 4.78 is 0. The first kappa shape index (κ1) is 8.22. The Bertz CT molecular complexity index is 308. The Kier molecular flexibility index (Phi) is 1.46. The molecule has 0 saturated heterocycles. The van der Waals surface area contributed by atoms with Crippen molar-refractivity contribution in [1.82, 2.24) is 0 Å². The van der Waals surface area contributed by atoms with Gasteiger partial charge >= 0.3 is 11.9 Å². The minimum absolute atomic E-state index is 0.124. The number of Topliss-reactive ketones (excluding diaryl/α,β-unsaturated/α-hetero) is 1. The highest BCUT2D eigenvalue weighted by atomic mass is 16.4. The maximum Gasteiger partial charge on any atom is 0.314 e. The Balaban J connectivity index is 2.17. The number of ketones is 1. The standard InChI is InChI=1S/C8H8O5/c9-3-1-2-4(5(2)7(10)11)6(3)8(12)13/h2,4-6H,1H2,(H,10,11)(H,12,13). The van der Waals surface area contributed by atoms with Gasteiger partial charge in [-0.2, -0.15) is 0 Å². The van der Waals surface area contributed by atoms with Gasteiger partial charge in [-0.3, -0.25) is 14.4 Å². The third kappa shape index (κ3) is 0.961. The van der Waals surface area contributed by atoms with E-state index in [0.29, 0.717) is 0 Å². The maximum atomic E-state index is 11.1. The molecule has 0 spiro atoms. The number of hydrogen-bond donors (Lipinski definition) is 2. The second-order valence-corrected chi connectivity index (χ2v) is 3.59. The zero-order valence-corrected chi connectivity index (χ0v) is 6.64. The zero-order valence-electron chi connectivity index (χ0n) is 6.64. The van der Waals surface area contributed by atoms with E-state index in [2.05, 4.69) is 0 Å². The molecule has 2 aliphatic carbocycles. The molecule has 0 radical (unpaired) electrons. The normalized spacial score (nSPS) is 41.4. The molecular formula is C8H8O5. The summed E-state index contributed by atoms with van der Waals surface area (Å²) in [6.07, 6.45) is 0.124. The molecule has 0 aromatic carbocycles. The van der Waals surface area contributed by atoms with E-state index in [1.54, 1.807) is 0 Å². The average molecular weight is 184 g/mol. The molecule has 0 aliphatic heterocycles. The van der Waals surface area contributed by atoms with Gasteiger partial charge in [0.15, 0.2) is 0 Å². The summed E-state index contributed by atoms with van der Waals surface area (Å²) in [5, 5.41) is 17.3. The lowest BCUT2D eigenvalue weighted by Gasteiger charge is -2.05. The fraction of sp³-hybridized carbons (Fsp3) is 0.625. The van der Waals surface area contributed by atoms with Gasteiger partial charge in [0.2, 0.25) is 0 Å². The largest absolute Gasteiger partial charge is 0.481 e. The molecule has 2 rings (SSSR count). The minimum atomic E-state index is -1.18. The first-order valence-corrected chi connectivity index (χ1v) is 4.02. The molecule has 2 aliphatic rings. The van der Waals surface area contributed by atoms with Crippen molar-refractivity contribution in [3.63, 3.8) is 0 Å². The predicted octanol–water partition coefficient (Wildman–Crippen LogP) is -0.393. The lowest BCUT2D eigenvalue weighted by atomic mass is 9.99. The molecule has 4 unspecified atom stereocenters. The first-order valence-electron chi connectivity index (χ1n) is 4.02. The van der Waals surface area contributed by atoms with Crippen LogP contribution in [-0.2, 0) is 14.4 Å². The molecule has 5 heteroatoms. The second-order valence-electron chi connectivity index (χ2n) is 3.59. The van der Waals surface area contributed by atoms with Crippen molar-refractivity contribution in [3.05, 3.63) is 0 Å². The van der Waals surface area contributed by atoms with Crippen LogP contribution in [0.4, 0.5) is 0 Å². The fourth-order valence-electron chi connectivity index (χ4n) is 2.34. The monoisotopic (exact) mass is 184 g/mol. The summed E-state index contributed by atoms with van der Waals surface area (Å²) in [5.74, 6) is -4.80. The van der Waals surface area contributed by atoms with E-state index in [1.807, 2.05) is 0 Å². The highest BCUT2D eigenvalue weighted by Gasteiger charge is 2.67. The number of carbonyl (C=O) groups excluding carboxylic acids is 1. The Hall–Kier alpha value is -1.39. The van der Waals surface area contributed by atoms with Crippen molar-refractivity contribution in [3.8, 4) is 0 Å². The van der Waals surface area contributed by atoms with Crippen LogP contribution in [-0.4, -0.2) is 27.9 Å². The van der Waals surface area contributed by atoms with Crippen LogP contribution in [0.3, 0.4) is 0 Å². The quantitative estimate of drug-likeness (QED) is 0.570. The van der Waals surface area contributed by atoms with Crippen LogP contribution in [0.25, 0.3) is 0 Å². The molecule has 0 aromatic heterocycles. The summed E-state index contributed by atoms with van der Waals surface area (Å²) in [6.45, 7) is 0. The predicted molar refractivity (Wildman–Crippen MR) is 38.9 cm³/mol. The highest BCUT2D eigenvalue weighted by molar-refractivity contribution is 6.03. The maximum absolute atomic E-state index is 11.1. The topological polar surface area (TPSA) is 91.7 Å². The molecule has 2 fully saturated rings. The van der Waals surface area contributed by atoms with Crippen molar-refractivity contribution in [2.75, 3.05) is 0 Å². The molecule has 2 saturated carbocycles. The van der Waals surface area contributed by atoms with Crippen molar-refractivity contribution in [2.45, 2.75) is 6.42 Å². The zero-order chi connectivity index (χ0) is 9.75. The van der Waals surface area contributed by atoms with Crippen LogP contribution in [0.2, 0.25) is 0 Å². The Morgan fingerprint density at radius 2 is 1.85 bits per heavy atom. The number of carboxylic acid groups (broad SMARTS) is 2. The van der Waals surface area contributed by atoms with Gasteiger partial charge in [0, 0.05) is 6.42 Å². The minimum Gasteiger partial charge on any atom is -0.481 e. The van der Waals surface area contributed by atoms with E-state index >= 15 is 0 Å². The van der Waals surface area contributed by atoms with Gasteiger partial charge < -0.3 is 10.2 Å². The number of rotatable bonds is 2. The molecular weight excluding hydrogens is 176 g/mol. The Labute approximate surface area is 73.4 Å². The van der Waals surface area contributed by atoms with Crippen molar-refractivity contribution < 1.29 is 24.6 Å². The number of carbonyl (C=O) groups is 3. The van der Waals surface area contributed by atoms with Gasteiger partial charge in [-0.15, -0.1) is 0 Å². The van der Waals surface area contributed by atoms with Crippen LogP contribution in [0.5, 0.6) is 0 Å². The molecule has 70 valence electrons. The van der Waals surface area contributed by atoms with Crippen molar-refractivity contribution in [1.29, 1.82) is 0 Å².